The highest BCUT2D eigenvalue weighted by Crippen LogP contribution is 2.67. The van der Waals surface area contributed by atoms with Gasteiger partial charge in [0.25, 0.3) is 0 Å². The zero-order valence-corrected chi connectivity index (χ0v) is 22.0. The van der Waals surface area contributed by atoms with Gasteiger partial charge in [-0.05, 0) is 65.1 Å². The third-order valence-corrected chi connectivity index (χ3v) is 11.1. The Morgan fingerprint density at radius 3 is 1.97 bits per heavy atom. The molecule has 35 heavy (non-hydrogen) atoms. The predicted molar refractivity (Wildman–Crippen MR) is 151 cm³/mol. The smallest absolute Gasteiger partial charge is 0.0712 e. The lowest BCUT2D eigenvalue weighted by atomic mass is 9.43. The summed E-state index contributed by atoms with van der Waals surface area (Å²) in [6.45, 7) is 9.71. The first-order chi connectivity index (χ1) is 17.0. The second kappa shape index (κ2) is 8.72. The van der Waals surface area contributed by atoms with Crippen LogP contribution in [0, 0.1) is 17.3 Å². The summed E-state index contributed by atoms with van der Waals surface area (Å²) in [7, 11) is -0.681. The molecule has 0 unspecified atom stereocenters. The Labute approximate surface area is 211 Å². The minimum atomic E-state index is -0.681. The lowest BCUT2D eigenvalue weighted by Crippen LogP contribution is -2.51. The molecule has 0 radical (unpaired) electrons. The van der Waals surface area contributed by atoms with Crippen LogP contribution in [-0.4, -0.2) is 4.98 Å². The fourth-order valence-electron chi connectivity index (χ4n) is 6.73. The SMILES string of the molecule is CC(C)[C@H]1c2nc(-c3ccccc3P(c3ccccc3)c3ccccc3)ccc2[C@H]2C[C@@H]1C2(C)C. The average Bonchev–Trinajstić information content (AvgIpc) is 2.89. The number of nitrogens with zero attached hydrogens (tertiary/aromatic N) is 1. The van der Waals surface area contributed by atoms with Gasteiger partial charge in [0.2, 0.25) is 0 Å². The zero-order valence-electron chi connectivity index (χ0n) is 21.1. The highest BCUT2D eigenvalue weighted by Gasteiger charge is 2.57. The quantitative estimate of drug-likeness (QED) is 0.274. The van der Waals surface area contributed by atoms with Crippen molar-refractivity contribution in [2.75, 3.05) is 0 Å². The van der Waals surface area contributed by atoms with Crippen LogP contribution in [0.1, 0.15) is 57.2 Å². The molecule has 1 heterocycles. The zero-order chi connectivity index (χ0) is 24.2. The van der Waals surface area contributed by atoms with Crippen LogP contribution in [0.4, 0.5) is 0 Å². The molecule has 2 bridgehead atoms. The van der Waals surface area contributed by atoms with Crippen molar-refractivity contribution in [3.05, 3.63) is 108 Å². The van der Waals surface area contributed by atoms with E-state index in [1.165, 1.54) is 39.2 Å². The van der Waals surface area contributed by atoms with Gasteiger partial charge >= 0.3 is 0 Å². The Kier molecular flexibility index (Phi) is 5.65. The first kappa shape index (κ1) is 22.7. The molecule has 0 N–H and O–H groups in total. The first-order valence-electron chi connectivity index (χ1n) is 13.0. The number of benzene rings is 3. The van der Waals surface area contributed by atoms with Gasteiger partial charge in [-0.1, -0.05) is 119 Å². The summed E-state index contributed by atoms with van der Waals surface area (Å²) in [4.78, 5) is 5.47. The number of hydrogen-bond donors (Lipinski definition) is 0. The number of pyridine rings is 1. The van der Waals surface area contributed by atoms with E-state index in [1.807, 2.05) is 0 Å². The summed E-state index contributed by atoms with van der Waals surface area (Å²) >= 11 is 0. The summed E-state index contributed by atoms with van der Waals surface area (Å²) in [5.74, 6) is 2.54. The van der Waals surface area contributed by atoms with E-state index < -0.39 is 7.92 Å². The normalized spacial score (nSPS) is 22.1. The van der Waals surface area contributed by atoms with Crippen LogP contribution in [0.5, 0.6) is 0 Å². The molecule has 3 aromatic carbocycles. The lowest BCUT2D eigenvalue weighted by molar-refractivity contribution is -0.0198. The van der Waals surface area contributed by atoms with Crippen molar-refractivity contribution < 1.29 is 0 Å². The molecular formula is C33H34NP. The molecule has 176 valence electrons. The van der Waals surface area contributed by atoms with E-state index >= 15 is 0 Å². The second-order valence-corrected chi connectivity index (χ2v) is 13.4. The summed E-state index contributed by atoms with van der Waals surface area (Å²) in [6, 6.07) is 35.7. The molecular weight excluding hydrogens is 441 g/mol. The summed E-state index contributed by atoms with van der Waals surface area (Å²) < 4.78 is 0. The molecule has 3 aliphatic rings. The first-order valence-corrected chi connectivity index (χ1v) is 14.3. The van der Waals surface area contributed by atoms with Crippen molar-refractivity contribution in [2.45, 2.75) is 46.0 Å². The van der Waals surface area contributed by atoms with E-state index in [9.17, 15) is 0 Å². The van der Waals surface area contributed by atoms with Crippen LogP contribution in [0.15, 0.2) is 97.1 Å². The third kappa shape index (κ3) is 3.68. The van der Waals surface area contributed by atoms with E-state index in [-0.39, 0.29) is 0 Å². The number of rotatable bonds is 5. The van der Waals surface area contributed by atoms with Crippen molar-refractivity contribution in [1.82, 2.24) is 4.98 Å². The third-order valence-electron chi connectivity index (χ3n) is 8.59. The van der Waals surface area contributed by atoms with Crippen LogP contribution in [-0.2, 0) is 0 Å². The highest BCUT2D eigenvalue weighted by molar-refractivity contribution is 7.80. The molecule has 0 aliphatic heterocycles. The maximum atomic E-state index is 5.47. The predicted octanol–water partition coefficient (Wildman–Crippen LogP) is 7.39. The van der Waals surface area contributed by atoms with Crippen molar-refractivity contribution in [3.63, 3.8) is 0 Å². The molecule has 7 rings (SSSR count). The van der Waals surface area contributed by atoms with Gasteiger partial charge < -0.3 is 0 Å². The average molecular weight is 476 g/mol. The van der Waals surface area contributed by atoms with Crippen molar-refractivity contribution in [3.8, 4) is 11.3 Å². The summed E-state index contributed by atoms with van der Waals surface area (Å²) in [6.07, 6.45) is 1.33. The number of hydrogen-bond acceptors (Lipinski definition) is 1. The largest absolute Gasteiger partial charge is 0.252 e. The summed E-state index contributed by atoms with van der Waals surface area (Å²) in [5.41, 5.74) is 5.67. The molecule has 0 saturated heterocycles. The Morgan fingerprint density at radius 1 is 0.771 bits per heavy atom. The molecule has 2 heteroatoms. The van der Waals surface area contributed by atoms with Crippen LogP contribution < -0.4 is 15.9 Å². The van der Waals surface area contributed by atoms with Gasteiger partial charge in [-0.25, -0.2) is 0 Å². The minimum Gasteiger partial charge on any atom is -0.252 e. The molecule has 1 nitrogen and oxygen atoms in total. The van der Waals surface area contributed by atoms with Gasteiger partial charge in [-0.2, -0.15) is 0 Å². The van der Waals surface area contributed by atoms with Gasteiger partial charge in [-0.3, -0.25) is 4.98 Å². The van der Waals surface area contributed by atoms with Gasteiger partial charge in [-0.15, -0.1) is 0 Å². The highest BCUT2D eigenvalue weighted by atomic mass is 31.1. The summed E-state index contributed by atoms with van der Waals surface area (Å²) in [5, 5.41) is 4.14. The lowest BCUT2D eigenvalue weighted by Gasteiger charge is -2.61. The molecule has 1 saturated carbocycles. The van der Waals surface area contributed by atoms with E-state index in [0.29, 0.717) is 23.2 Å². The number of aromatic nitrogens is 1. The maximum Gasteiger partial charge on any atom is 0.0712 e. The Bertz CT molecular complexity index is 1300. The van der Waals surface area contributed by atoms with E-state index in [0.717, 1.165) is 11.6 Å². The van der Waals surface area contributed by atoms with Gasteiger partial charge in [0.15, 0.2) is 0 Å². The second-order valence-electron chi connectivity index (χ2n) is 11.2. The van der Waals surface area contributed by atoms with Crippen LogP contribution in [0.25, 0.3) is 11.3 Å². The van der Waals surface area contributed by atoms with Crippen molar-refractivity contribution in [2.24, 2.45) is 17.3 Å². The molecule has 3 aliphatic carbocycles. The molecule has 3 atom stereocenters. The standard InChI is InChI=1S/C33H34NP/c1-22(2)31-28-21-27(33(28,3)4)25-19-20-29(34-32(25)31)26-17-11-12-18-30(26)35(23-13-7-5-8-14-23)24-15-9-6-10-16-24/h5-20,22,27-28,31H,21H2,1-4H3/t27-,28+,31-/m1/s1. The van der Waals surface area contributed by atoms with Gasteiger partial charge in [0.1, 0.15) is 0 Å². The maximum absolute atomic E-state index is 5.47. The Balaban J connectivity index is 1.51. The Hall–Kier alpha value is -2.76. The van der Waals surface area contributed by atoms with E-state index in [1.54, 1.807) is 0 Å². The van der Waals surface area contributed by atoms with Gasteiger partial charge in [0.05, 0.1) is 5.69 Å². The van der Waals surface area contributed by atoms with Crippen LogP contribution >= 0.6 is 7.92 Å². The fourth-order valence-corrected chi connectivity index (χ4v) is 9.19. The Morgan fingerprint density at radius 2 is 1.37 bits per heavy atom. The fraction of sp³-hybridized carbons (Fsp3) is 0.303. The molecule has 4 aromatic rings. The molecule has 0 amide bonds. The van der Waals surface area contributed by atoms with E-state index in [4.69, 9.17) is 4.98 Å². The topological polar surface area (TPSA) is 12.9 Å². The monoisotopic (exact) mass is 475 g/mol. The molecule has 1 aromatic heterocycles. The van der Waals surface area contributed by atoms with Crippen LogP contribution in [0.3, 0.4) is 0 Å². The van der Waals surface area contributed by atoms with E-state index in [2.05, 4.69) is 125 Å². The molecule has 1 fully saturated rings. The molecule has 0 spiro atoms. The van der Waals surface area contributed by atoms with Crippen LogP contribution in [0.2, 0.25) is 0 Å². The van der Waals surface area contributed by atoms with Gasteiger partial charge in [0, 0.05) is 17.2 Å². The van der Waals surface area contributed by atoms with Crippen molar-refractivity contribution >= 4 is 23.8 Å². The minimum absolute atomic E-state index is 0.387. The van der Waals surface area contributed by atoms with Crippen molar-refractivity contribution in [1.29, 1.82) is 0 Å².